The molecule has 2 aromatic heterocycles. The van der Waals surface area contributed by atoms with Crippen LogP contribution in [0.2, 0.25) is 0 Å². The smallest absolute Gasteiger partial charge is 0.307 e. The van der Waals surface area contributed by atoms with Crippen molar-refractivity contribution in [2.75, 3.05) is 38.0 Å². The molecule has 1 aliphatic heterocycles. The zero-order chi connectivity index (χ0) is 28.9. The summed E-state index contributed by atoms with van der Waals surface area (Å²) in [4.78, 5) is 41.1. The minimum absolute atomic E-state index is 0.0608. The molecule has 0 bridgehead atoms. The number of ether oxygens (including phenoxy) is 1. The maximum absolute atomic E-state index is 14.1. The van der Waals surface area contributed by atoms with Crippen LogP contribution in [0.1, 0.15) is 38.9 Å². The molecule has 0 atom stereocenters. The van der Waals surface area contributed by atoms with Gasteiger partial charge in [-0.1, -0.05) is 30.3 Å². The summed E-state index contributed by atoms with van der Waals surface area (Å²) in [6, 6.07) is 14.2. The molecule has 10 nitrogen and oxygen atoms in total. The number of carbonyl (C=O) groups excluding carboxylic acids is 3. The monoisotopic (exact) mass is 566 g/mol. The van der Waals surface area contributed by atoms with Crippen molar-refractivity contribution >= 4 is 34.4 Å². The summed E-state index contributed by atoms with van der Waals surface area (Å²) in [5, 5.41) is 2.29. The molecule has 0 spiro atoms. The van der Waals surface area contributed by atoms with Crippen molar-refractivity contribution in [1.82, 2.24) is 9.80 Å². The van der Waals surface area contributed by atoms with Gasteiger partial charge in [0.15, 0.2) is 17.2 Å². The number of hydrogen-bond acceptors (Lipinski definition) is 8. The second-order valence-corrected chi connectivity index (χ2v) is 9.67. The molecule has 1 aliphatic rings. The van der Waals surface area contributed by atoms with Gasteiger partial charge in [0.25, 0.3) is 11.8 Å². The fourth-order valence-corrected chi connectivity index (χ4v) is 4.63. The lowest BCUT2D eigenvalue weighted by Gasteiger charge is -2.34. The van der Waals surface area contributed by atoms with Crippen LogP contribution in [0.3, 0.4) is 0 Å². The van der Waals surface area contributed by atoms with Crippen LogP contribution in [0, 0.1) is 11.6 Å². The first-order valence-corrected chi connectivity index (χ1v) is 13.0. The Morgan fingerprint density at radius 3 is 2.41 bits per heavy atom. The number of nitrogens with two attached hydrogens (primary N) is 1. The zero-order valence-corrected chi connectivity index (χ0v) is 22.0. The van der Waals surface area contributed by atoms with Gasteiger partial charge in [-0.25, -0.2) is 8.78 Å². The third-order valence-electron chi connectivity index (χ3n) is 6.78. The number of rotatable bonds is 10. The van der Waals surface area contributed by atoms with Gasteiger partial charge in [-0.3, -0.25) is 19.3 Å². The summed E-state index contributed by atoms with van der Waals surface area (Å²) in [6.45, 7) is 4.32. The zero-order valence-electron chi connectivity index (χ0n) is 22.0. The topological polar surface area (TPSA) is 131 Å². The SMILES string of the molecule is NC(=O)c1oc2c(F)cc(F)cc2c1NC(=O)c1ccc(CN2CCN(CCC(=O)OCc3ccccc3)CC2)o1. The number of fused-ring (bicyclic) bond motifs is 1. The number of esters is 1. The van der Waals surface area contributed by atoms with Crippen LogP contribution < -0.4 is 11.1 Å². The van der Waals surface area contributed by atoms with E-state index >= 15 is 0 Å². The van der Waals surface area contributed by atoms with Crippen LogP contribution in [0.25, 0.3) is 11.0 Å². The largest absolute Gasteiger partial charge is 0.461 e. The molecular formula is C29H28F2N4O6. The van der Waals surface area contributed by atoms with E-state index in [0.29, 0.717) is 31.3 Å². The molecule has 2 aromatic carbocycles. The van der Waals surface area contributed by atoms with E-state index in [1.54, 1.807) is 6.07 Å². The Labute approximate surface area is 233 Å². The molecule has 2 amide bonds. The number of nitrogens with zero attached hydrogens (tertiary/aromatic N) is 2. The highest BCUT2D eigenvalue weighted by Gasteiger charge is 2.25. The van der Waals surface area contributed by atoms with Crippen LogP contribution in [0.4, 0.5) is 14.5 Å². The molecule has 12 heteroatoms. The van der Waals surface area contributed by atoms with E-state index in [2.05, 4.69) is 15.1 Å². The number of hydrogen-bond donors (Lipinski definition) is 2. The standard InChI is InChI=1S/C29H28F2N4O6/c30-19-14-21-25(27(28(32)37)41-26(21)22(31)15-19)33-29(38)23-7-6-20(40-23)16-35-12-10-34(11-13-35)9-8-24(36)39-17-18-4-2-1-3-5-18/h1-7,14-15H,8-13,16-17H2,(H2,32,37)(H,33,38). The summed E-state index contributed by atoms with van der Waals surface area (Å²) in [7, 11) is 0. The predicted molar refractivity (Wildman–Crippen MR) is 144 cm³/mol. The maximum atomic E-state index is 14.1. The minimum Gasteiger partial charge on any atom is -0.461 e. The summed E-state index contributed by atoms with van der Waals surface area (Å²) in [5.41, 5.74) is 5.62. The molecule has 0 radical (unpaired) electrons. The number of halogens is 2. The Balaban J connectivity index is 1.11. The molecule has 0 unspecified atom stereocenters. The van der Waals surface area contributed by atoms with E-state index in [1.807, 2.05) is 30.3 Å². The number of primary amides is 1. The first-order valence-electron chi connectivity index (χ1n) is 13.0. The molecule has 214 valence electrons. The van der Waals surface area contributed by atoms with E-state index in [4.69, 9.17) is 19.3 Å². The molecule has 3 N–H and O–H groups in total. The fourth-order valence-electron chi connectivity index (χ4n) is 4.63. The predicted octanol–water partition coefficient (Wildman–Crippen LogP) is 3.91. The second kappa shape index (κ2) is 12.3. The highest BCUT2D eigenvalue weighted by Crippen LogP contribution is 2.33. The van der Waals surface area contributed by atoms with Crippen LogP contribution in [0.5, 0.6) is 0 Å². The van der Waals surface area contributed by atoms with Crippen LogP contribution in [-0.4, -0.2) is 60.3 Å². The highest BCUT2D eigenvalue weighted by molar-refractivity contribution is 6.13. The number of benzene rings is 2. The van der Waals surface area contributed by atoms with Crippen molar-refractivity contribution in [3.05, 3.63) is 89.1 Å². The van der Waals surface area contributed by atoms with Crippen LogP contribution in [-0.2, 0) is 22.7 Å². The minimum atomic E-state index is -1.06. The third kappa shape index (κ3) is 6.79. The van der Waals surface area contributed by atoms with Crippen molar-refractivity contribution in [2.24, 2.45) is 5.73 Å². The van der Waals surface area contributed by atoms with Gasteiger partial charge in [0, 0.05) is 38.8 Å². The van der Waals surface area contributed by atoms with Crippen molar-refractivity contribution in [3.63, 3.8) is 0 Å². The molecule has 1 saturated heterocycles. The Morgan fingerprint density at radius 2 is 1.68 bits per heavy atom. The Hall–Kier alpha value is -4.55. The normalized spacial score (nSPS) is 14.3. The molecule has 4 aromatic rings. The van der Waals surface area contributed by atoms with E-state index in [9.17, 15) is 23.2 Å². The Morgan fingerprint density at radius 1 is 0.951 bits per heavy atom. The number of anilines is 1. The van der Waals surface area contributed by atoms with Gasteiger partial charge in [0.2, 0.25) is 5.76 Å². The van der Waals surface area contributed by atoms with Crippen molar-refractivity contribution < 1.29 is 36.7 Å². The van der Waals surface area contributed by atoms with Gasteiger partial charge in [-0.15, -0.1) is 0 Å². The lowest BCUT2D eigenvalue weighted by Crippen LogP contribution is -2.46. The number of nitrogens with one attached hydrogen (secondary N) is 1. The van der Waals surface area contributed by atoms with Gasteiger partial charge in [0.05, 0.1) is 18.4 Å². The lowest BCUT2D eigenvalue weighted by atomic mass is 10.2. The van der Waals surface area contributed by atoms with Gasteiger partial charge in [0.1, 0.15) is 23.9 Å². The van der Waals surface area contributed by atoms with Crippen molar-refractivity contribution in [2.45, 2.75) is 19.6 Å². The van der Waals surface area contributed by atoms with Crippen molar-refractivity contribution in [3.8, 4) is 0 Å². The van der Waals surface area contributed by atoms with Crippen LogP contribution in [0.15, 0.2) is 63.4 Å². The van der Waals surface area contributed by atoms with Gasteiger partial charge < -0.3 is 29.5 Å². The highest BCUT2D eigenvalue weighted by atomic mass is 19.1. The Kier molecular flexibility index (Phi) is 8.41. The molecule has 0 saturated carbocycles. The summed E-state index contributed by atoms with van der Waals surface area (Å²) >= 11 is 0. The molecular weight excluding hydrogens is 538 g/mol. The Bertz CT molecular complexity index is 1560. The second-order valence-electron chi connectivity index (χ2n) is 9.67. The summed E-state index contributed by atoms with van der Waals surface area (Å²) in [5.74, 6) is -4.01. The molecule has 41 heavy (non-hydrogen) atoms. The number of piperazine rings is 1. The van der Waals surface area contributed by atoms with E-state index in [1.165, 1.54) is 6.07 Å². The number of carbonyl (C=O) groups is 3. The third-order valence-corrected chi connectivity index (χ3v) is 6.78. The van der Waals surface area contributed by atoms with Crippen LogP contribution >= 0.6 is 0 Å². The lowest BCUT2D eigenvalue weighted by molar-refractivity contribution is -0.145. The van der Waals surface area contributed by atoms with Gasteiger partial charge in [-0.05, 0) is 23.8 Å². The molecule has 0 aliphatic carbocycles. The quantitative estimate of drug-likeness (QED) is 0.276. The summed E-state index contributed by atoms with van der Waals surface area (Å²) < 4.78 is 44.2. The molecule has 3 heterocycles. The fraction of sp³-hybridized carbons (Fsp3) is 0.276. The van der Waals surface area contributed by atoms with Gasteiger partial charge in [-0.2, -0.15) is 0 Å². The maximum Gasteiger partial charge on any atom is 0.307 e. The average molecular weight is 567 g/mol. The average Bonchev–Trinajstić information content (AvgIpc) is 3.57. The first kappa shape index (κ1) is 28.0. The number of furan rings is 2. The molecule has 1 fully saturated rings. The number of amides is 2. The van der Waals surface area contributed by atoms with E-state index in [-0.39, 0.29) is 29.4 Å². The first-order chi connectivity index (χ1) is 19.8. The van der Waals surface area contributed by atoms with E-state index < -0.39 is 34.8 Å². The van der Waals surface area contributed by atoms with Crippen molar-refractivity contribution in [1.29, 1.82) is 0 Å². The molecule has 5 rings (SSSR count). The summed E-state index contributed by atoms with van der Waals surface area (Å²) in [6.07, 6.45) is 0.312. The van der Waals surface area contributed by atoms with E-state index in [0.717, 1.165) is 37.8 Å². The van der Waals surface area contributed by atoms with Gasteiger partial charge >= 0.3 is 5.97 Å².